The molecule has 0 aliphatic rings. The number of aromatic nitrogens is 1. The molecule has 1 aromatic heterocycles. The topological polar surface area (TPSA) is 111 Å². The number of benzene rings is 1. The van der Waals surface area contributed by atoms with Gasteiger partial charge in [0, 0.05) is 29.5 Å². The fourth-order valence-electron chi connectivity index (χ4n) is 1.65. The van der Waals surface area contributed by atoms with Crippen LogP contribution in [0.4, 0.5) is 11.4 Å². The largest absolute Gasteiger partial charge is 0.399 e. The van der Waals surface area contributed by atoms with E-state index in [1.807, 2.05) is 6.07 Å². The van der Waals surface area contributed by atoms with Crippen molar-refractivity contribution in [2.24, 2.45) is 5.14 Å². The van der Waals surface area contributed by atoms with Crippen molar-refractivity contribution >= 4 is 32.3 Å². The number of rotatable bonds is 4. The van der Waals surface area contributed by atoms with Crippen LogP contribution in [-0.2, 0) is 10.0 Å². The number of nitrogens with one attached hydrogen (secondary N) is 1. The summed E-state index contributed by atoms with van der Waals surface area (Å²) in [5, 5.41) is 8.85. The molecule has 2 aromatic rings. The first-order valence-electron chi connectivity index (χ1n) is 5.34. The van der Waals surface area contributed by atoms with Crippen LogP contribution in [-0.4, -0.2) is 25.7 Å². The summed E-state index contributed by atoms with van der Waals surface area (Å²) in [6, 6.07) is 7.16. The normalized spacial score (nSPS) is 11.6. The maximum Gasteiger partial charge on any atom is 0.210 e. The Morgan fingerprint density at radius 3 is 2.78 bits per heavy atom. The molecule has 2 rings (SSSR count). The van der Waals surface area contributed by atoms with E-state index >= 15 is 0 Å². The number of nitrogens with zero attached hydrogens (tertiary/aromatic N) is 1. The van der Waals surface area contributed by atoms with Crippen molar-refractivity contribution in [2.75, 3.05) is 23.3 Å². The molecule has 0 unspecified atom stereocenters. The van der Waals surface area contributed by atoms with Gasteiger partial charge in [-0.25, -0.2) is 13.6 Å². The van der Waals surface area contributed by atoms with E-state index < -0.39 is 10.0 Å². The average Bonchev–Trinajstić information content (AvgIpc) is 2.27. The molecule has 0 bridgehead atoms. The Morgan fingerprint density at radius 1 is 1.28 bits per heavy atom. The van der Waals surface area contributed by atoms with Crippen LogP contribution in [0.1, 0.15) is 0 Å². The van der Waals surface area contributed by atoms with Crippen molar-refractivity contribution in [1.82, 2.24) is 4.98 Å². The van der Waals surface area contributed by atoms with E-state index in [-0.39, 0.29) is 12.3 Å². The smallest absolute Gasteiger partial charge is 0.210 e. The minimum Gasteiger partial charge on any atom is -0.399 e. The molecular weight excluding hydrogens is 252 g/mol. The van der Waals surface area contributed by atoms with E-state index in [2.05, 4.69) is 10.3 Å². The van der Waals surface area contributed by atoms with Gasteiger partial charge < -0.3 is 11.1 Å². The lowest BCUT2D eigenvalue weighted by molar-refractivity contribution is 0.598. The van der Waals surface area contributed by atoms with E-state index in [0.29, 0.717) is 5.69 Å². The molecule has 0 atom stereocenters. The predicted molar refractivity (Wildman–Crippen MR) is 72.6 cm³/mol. The number of primary sulfonamides is 1. The van der Waals surface area contributed by atoms with E-state index in [0.717, 1.165) is 16.6 Å². The fraction of sp³-hybridized carbons (Fsp3) is 0.182. The molecular formula is C11H14N4O2S. The highest BCUT2D eigenvalue weighted by Gasteiger charge is 2.04. The summed E-state index contributed by atoms with van der Waals surface area (Å²) in [7, 11) is -3.45. The van der Waals surface area contributed by atoms with Crippen LogP contribution in [0.3, 0.4) is 0 Å². The number of nitrogens with two attached hydrogens (primary N) is 2. The summed E-state index contributed by atoms with van der Waals surface area (Å²) < 4.78 is 21.7. The fourth-order valence-corrected chi connectivity index (χ4v) is 2.03. The van der Waals surface area contributed by atoms with Gasteiger partial charge in [0.1, 0.15) is 0 Å². The van der Waals surface area contributed by atoms with Gasteiger partial charge in [-0.2, -0.15) is 0 Å². The van der Waals surface area contributed by atoms with Gasteiger partial charge in [-0.1, -0.05) is 0 Å². The summed E-state index contributed by atoms with van der Waals surface area (Å²) in [5.74, 6) is -0.119. The summed E-state index contributed by atoms with van der Waals surface area (Å²) in [6.07, 6.45) is 1.64. The molecule has 0 saturated heterocycles. The summed E-state index contributed by atoms with van der Waals surface area (Å²) in [5.41, 5.74) is 7.88. The lowest BCUT2D eigenvalue weighted by Gasteiger charge is -2.09. The van der Waals surface area contributed by atoms with Gasteiger partial charge in [0.05, 0.1) is 11.3 Å². The van der Waals surface area contributed by atoms with Crippen LogP contribution in [0.15, 0.2) is 30.5 Å². The SMILES string of the molecule is Nc1ccc2c(NCCS(N)(=O)=O)ccnc2c1. The molecule has 0 aliphatic heterocycles. The molecule has 5 N–H and O–H groups in total. The van der Waals surface area contributed by atoms with Crippen LogP contribution < -0.4 is 16.2 Å². The highest BCUT2D eigenvalue weighted by molar-refractivity contribution is 7.89. The minimum absolute atomic E-state index is 0.119. The third-order valence-corrected chi connectivity index (χ3v) is 3.24. The number of hydrogen-bond donors (Lipinski definition) is 3. The molecule has 18 heavy (non-hydrogen) atoms. The van der Waals surface area contributed by atoms with Crippen molar-refractivity contribution in [3.63, 3.8) is 0 Å². The van der Waals surface area contributed by atoms with E-state index in [4.69, 9.17) is 10.9 Å². The van der Waals surface area contributed by atoms with Gasteiger partial charge in [0.25, 0.3) is 0 Å². The van der Waals surface area contributed by atoms with E-state index in [9.17, 15) is 8.42 Å². The van der Waals surface area contributed by atoms with Crippen molar-refractivity contribution in [3.8, 4) is 0 Å². The zero-order valence-corrected chi connectivity index (χ0v) is 10.4. The molecule has 6 nitrogen and oxygen atoms in total. The third kappa shape index (κ3) is 3.08. The first-order valence-corrected chi connectivity index (χ1v) is 7.06. The highest BCUT2D eigenvalue weighted by Crippen LogP contribution is 2.22. The Morgan fingerprint density at radius 2 is 2.06 bits per heavy atom. The molecule has 0 saturated carbocycles. The maximum atomic E-state index is 10.8. The second-order valence-corrected chi connectivity index (χ2v) is 5.66. The summed E-state index contributed by atoms with van der Waals surface area (Å²) in [6.45, 7) is 0.252. The van der Waals surface area contributed by atoms with Gasteiger partial charge in [-0.05, 0) is 24.3 Å². The molecule has 1 aromatic carbocycles. The Balaban J connectivity index is 2.23. The predicted octanol–water partition coefficient (Wildman–Crippen LogP) is 0.517. The molecule has 0 amide bonds. The summed E-state index contributed by atoms with van der Waals surface area (Å²) in [4.78, 5) is 4.20. The number of pyridine rings is 1. The first kappa shape index (κ1) is 12.6. The lowest BCUT2D eigenvalue weighted by atomic mass is 10.1. The van der Waals surface area contributed by atoms with E-state index in [1.54, 1.807) is 24.4 Å². The number of sulfonamides is 1. The molecule has 1 heterocycles. The monoisotopic (exact) mass is 266 g/mol. The van der Waals surface area contributed by atoms with Gasteiger partial charge in [-0.3, -0.25) is 4.98 Å². The molecule has 0 fully saturated rings. The second-order valence-electron chi connectivity index (χ2n) is 3.93. The maximum absolute atomic E-state index is 10.8. The van der Waals surface area contributed by atoms with E-state index in [1.165, 1.54) is 0 Å². The molecule has 0 aliphatic carbocycles. The molecule has 0 spiro atoms. The van der Waals surface area contributed by atoms with Crippen LogP contribution in [0, 0.1) is 0 Å². The minimum atomic E-state index is -3.45. The van der Waals surface area contributed by atoms with Crippen molar-refractivity contribution in [2.45, 2.75) is 0 Å². The molecule has 7 heteroatoms. The zero-order valence-electron chi connectivity index (χ0n) is 9.63. The Bertz CT molecular complexity index is 670. The Kier molecular flexibility index (Phi) is 3.35. The zero-order chi connectivity index (χ0) is 13.2. The van der Waals surface area contributed by atoms with Crippen LogP contribution in [0.5, 0.6) is 0 Å². The number of fused-ring (bicyclic) bond motifs is 1. The van der Waals surface area contributed by atoms with Crippen molar-refractivity contribution < 1.29 is 8.42 Å². The lowest BCUT2D eigenvalue weighted by Crippen LogP contribution is -2.22. The number of hydrogen-bond acceptors (Lipinski definition) is 5. The summed E-state index contributed by atoms with van der Waals surface area (Å²) >= 11 is 0. The third-order valence-electron chi connectivity index (χ3n) is 2.47. The Hall–Kier alpha value is -1.86. The van der Waals surface area contributed by atoms with Crippen LogP contribution in [0.25, 0.3) is 10.9 Å². The first-order chi connectivity index (χ1) is 8.46. The van der Waals surface area contributed by atoms with Gasteiger partial charge in [0.2, 0.25) is 10.0 Å². The van der Waals surface area contributed by atoms with Crippen molar-refractivity contribution in [3.05, 3.63) is 30.5 Å². The quantitative estimate of drug-likeness (QED) is 0.698. The highest BCUT2D eigenvalue weighted by atomic mass is 32.2. The van der Waals surface area contributed by atoms with Gasteiger partial charge >= 0.3 is 0 Å². The molecule has 0 radical (unpaired) electrons. The standard InChI is InChI=1S/C11H14N4O2S/c12-8-1-2-9-10(3-4-14-11(9)7-8)15-5-6-18(13,16)17/h1-4,7H,5-6,12H2,(H,14,15)(H2,13,16,17). The van der Waals surface area contributed by atoms with Crippen molar-refractivity contribution in [1.29, 1.82) is 0 Å². The average molecular weight is 266 g/mol. The van der Waals surface area contributed by atoms with Gasteiger partial charge in [0.15, 0.2) is 0 Å². The second kappa shape index (κ2) is 4.79. The van der Waals surface area contributed by atoms with Gasteiger partial charge in [-0.15, -0.1) is 0 Å². The number of nitrogen functional groups attached to an aromatic ring is 1. The molecule has 96 valence electrons. The number of anilines is 2. The van der Waals surface area contributed by atoms with Crippen LogP contribution >= 0.6 is 0 Å². The Labute approximate surface area is 105 Å². The van der Waals surface area contributed by atoms with Crippen LogP contribution in [0.2, 0.25) is 0 Å².